The average Bonchev–Trinajstić information content (AvgIpc) is 3.18. The van der Waals surface area contributed by atoms with Gasteiger partial charge in [-0.1, -0.05) is 0 Å². The molecule has 0 bridgehead atoms. The molecule has 0 amide bonds. The molecule has 5 nitrogen and oxygen atoms in total. The van der Waals surface area contributed by atoms with Crippen molar-refractivity contribution in [1.29, 1.82) is 0 Å². The lowest BCUT2D eigenvalue weighted by Gasteiger charge is -2.24. The Balaban J connectivity index is 1.86. The van der Waals surface area contributed by atoms with Crippen LogP contribution in [0.3, 0.4) is 0 Å². The van der Waals surface area contributed by atoms with Crippen molar-refractivity contribution in [2.45, 2.75) is 36.3 Å². The Morgan fingerprint density at radius 3 is 2.45 bits per heavy atom. The van der Waals surface area contributed by atoms with E-state index < -0.39 is 15.4 Å². The molecule has 1 aliphatic carbocycles. The van der Waals surface area contributed by atoms with Crippen LogP contribution in [0.4, 0.5) is 0 Å². The van der Waals surface area contributed by atoms with Crippen LogP contribution in [0, 0.1) is 0 Å². The van der Waals surface area contributed by atoms with Crippen molar-refractivity contribution in [1.82, 2.24) is 5.32 Å². The highest BCUT2D eigenvalue weighted by atomic mass is 32.2. The lowest BCUT2D eigenvalue weighted by Crippen LogP contribution is -2.43. The molecule has 6 heteroatoms. The molecule has 0 aromatic heterocycles. The number of hydrogen-bond acceptors (Lipinski definition) is 5. The third kappa shape index (κ3) is 4.77. The van der Waals surface area contributed by atoms with Gasteiger partial charge in [0.1, 0.15) is 18.0 Å². The van der Waals surface area contributed by atoms with Crippen LogP contribution in [0.1, 0.15) is 19.8 Å². The molecule has 1 aliphatic rings. The zero-order valence-corrected chi connectivity index (χ0v) is 12.6. The van der Waals surface area contributed by atoms with Crippen LogP contribution < -0.4 is 10.1 Å². The molecule has 112 valence electrons. The molecule has 0 heterocycles. The van der Waals surface area contributed by atoms with Crippen LogP contribution in [-0.2, 0) is 9.84 Å². The highest BCUT2D eigenvalue weighted by Crippen LogP contribution is 2.20. The van der Waals surface area contributed by atoms with E-state index in [2.05, 4.69) is 5.32 Å². The maximum absolute atomic E-state index is 11.3. The van der Waals surface area contributed by atoms with Gasteiger partial charge in [-0.25, -0.2) is 8.42 Å². The van der Waals surface area contributed by atoms with Crippen LogP contribution >= 0.6 is 0 Å². The molecule has 1 fully saturated rings. The maximum atomic E-state index is 11.3. The second-order valence-electron chi connectivity index (χ2n) is 5.68. The van der Waals surface area contributed by atoms with E-state index >= 15 is 0 Å². The molecule has 1 aromatic rings. The third-order valence-electron chi connectivity index (χ3n) is 3.15. The summed E-state index contributed by atoms with van der Waals surface area (Å²) in [5.41, 5.74) is -0.946. The van der Waals surface area contributed by atoms with Crippen LogP contribution in [0.5, 0.6) is 5.75 Å². The summed E-state index contributed by atoms with van der Waals surface area (Å²) in [6.45, 7) is 2.36. The van der Waals surface area contributed by atoms with E-state index in [4.69, 9.17) is 4.74 Å². The van der Waals surface area contributed by atoms with Crippen molar-refractivity contribution in [3.8, 4) is 5.75 Å². The standard InChI is InChI=1S/C14H21NO4S/c1-14(16,9-15-11-3-4-11)10-19-12-5-7-13(8-6-12)20(2,17)18/h5-8,11,15-16H,3-4,9-10H2,1-2H3. The van der Waals surface area contributed by atoms with Crippen molar-refractivity contribution in [3.05, 3.63) is 24.3 Å². The molecule has 0 radical (unpaired) electrons. The first kappa shape index (κ1) is 15.3. The van der Waals surface area contributed by atoms with E-state index in [9.17, 15) is 13.5 Å². The van der Waals surface area contributed by atoms with Gasteiger partial charge in [-0.2, -0.15) is 0 Å². The molecule has 2 rings (SSSR count). The highest BCUT2D eigenvalue weighted by Gasteiger charge is 2.27. The summed E-state index contributed by atoms with van der Waals surface area (Å²) in [5, 5.41) is 13.4. The molecule has 0 saturated heterocycles. The normalized spacial score (nSPS) is 18.6. The van der Waals surface area contributed by atoms with E-state index in [1.165, 1.54) is 25.0 Å². The fourth-order valence-corrected chi connectivity index (χ4v) is 2.36. The van der Waals surface area contributed by atoms with Gasteiger partial charge < -0.3 is 15.2 Å². The predicted octanol–water partition coefficient (Wildman–Crippen LogP) is 0.972. The summed E-state index contributed by atoms with van der Waals surface area (Å²) in [5.74, 6) is 0.545. The molecule has 1 atom stereocenters. The first-order valence-corrected chi connectivity index (χ1v) is 8.54. The topological polar surface area (TPSA) is 75.6 Å². The van der Waals surface area contributed by atoms with Gasteiger partial charge in [0.15, 0.2) is 9.84 Å². The largest absolute Gasteiger partial charge is 0.491 e. The maximum Gasteiger partial charge on any atom is 0.175 e. The van der Waals surface area contributed by atoms with Gasteiger partial charge in [-0.15, -0.1) is 0 Å². The van der Waals surface area contributed by atoms with Crippen molar-refractivity contribution >= 4 is 9.84 Å². The Kier molecular flexibility index (Phi) is 4.36. The minimum absolute atomic E-state index is 0.158. The summed E-state index contributed by atoms with van der Waals surface area (Å²) in [6.07, 6.45) is 3.50. The van der Waals surface area contributed by atoms with Crippen LogP contribution in [0.15, 0.2) is 29.2 Å². The second kappa shape index (κ2) is 5.71. The number of nitrogens with one attached hydrogen (secondary N) is 1. The lowest BCUT2D eigenvalue weighted by molar-refractivity contribution is 0.0120. The van der Waals surface area contributed by atoms with E-state index in [1.54, 1.807) is 19.1 Å². The molecule has 0 spiro atoms. The zero-order valence-electron chi connectivity index (χ0n) is 11.8. The molecular formula is C14H21NO4S. The Morgan fingerprint density at radius 2 is 1.95 bits per heavy atom. The third-order valence-corrected chi connectivity index (χ3v) is 4.28. The Morgan fingerprint density at radius 1 is 1.35 bits per heavy atom. The summed E-state index contributed by atoms with van der Waals surface area (Å²) in [4.78, 5) is 0.256. The molecule has 1 saturated carbocycles. The van der Waals surface area contributed by atoms with Crippen LogP contribution in [-0.4, -0.2) is 44.6 Å². The number of rotatable bonds is 7. The molecule has 1 unspecified atom stereocenters. The Labute approximate surface area is 119 Å². The summed E-state index contributed by atoms with van der Waals surface area (Å²) < 4.78 is 28.2. The Bertz CT molecular complexity index is 547. The van der Waals surface area contributed by atoms with Crippen molar-refractivity contribution < 1.29 is 18.3 Å². The fraction of sp³-hybridized carbons (Fsp3) is 0.571. The molecular weight excluding hydrogens is 278 g/mol. The van der Waals surface area contributed by atoms with Crippen LogP contribution in [0.25, 0.3) is 0 Å². The number of sulfone groups is 1. The smallest absolute Gasteiger partial charge is 0.175 e. The van der Waals surface area contributed by atoms with Gasteiger partial charge in [0.25, 0.3) is 0 Å². The first-order chi connectivity index (χ1) is 9.26. The van der Waals surface area contributed by atoms with Crippen LogP contribution in [0.2, 0.25) is 0 Å². The quantitative estimate of drug-likeness (QED) is 0.785. The minimum atomic E-state index is -3.19. The van der Waals surface area contributed by atoms with Crippen molar-refractivity contribution in [3.63, 3.8) is 0 Å². The Hall–Kier alpha value is -1.11. The van der Waals surface area contributed by atoms with E-state index in [0.717, 1.165) is 6.26 Å². The van der Waals surface area contributed by atoms with Gasteiger partial charge in [0, 0.05) is 18.8 Å². The predicted molar refractivity (Wildman–Crippen MR) is 76.7 cm³/mol. The van der Waals surface area contributed by atoms with E-state index in [0.29, 0.717) is 18.3 Å². The number of benzene rings is 1. The molecule has 2 N–H and O–H groups in total. The average molecular weight is 299 g/mol. The summed E-state index contributed by atoms with van der Waals surface area (Å²) >= 11 is 0. The van der Waals surface area contributed by atoms with Gasteiger partial charge in [0.05, 0.1) is 4.90 Å². The number of aliphatic hydroxyl groups is 1. The minimum Gasteiger partial charge on any atom is -0.491 e. The highest BCUT2D eigenvalue weighted by molar-refractivity contribution is 7.90. The SMILES string of the molecule is CC(O)(CNC1CC1)COc1ccc(S(C)(=O)=O)cc1. The van der Waals surface area contributed by atoms with Gasteiger partial charge in [-0.3, -0.25) is 0 Å². The monoisotopic (exact) mass is 299 g/mol. The fourth-order valence-electron chi connectivity index (χ4n) is 1.72. The zero-order chi connectivity index (χ0) is 14.8. The molecule has 1 aromatic carbocycles. The van der Waals surface area contributed by atoms with E-state index in [1.807, 2.05) is 0 Å². The van der Waals surface area contributed by atoms with E-state index in [-0.39, 0.29) is 11.5 Å². The van der Waals surface area contributed by atoms with Gasteiger partial charge >= 0.3 is 0 Å². The number of ether oxygens (including phenoxy) is 1. The van der Waals surface area contributed by atoms with Gasteiger partial charge in [-0.05, 0) is 44.0 Å². The molecule has 0 aliphatic heterocycles. The van der Waals surface area contributed by atoms with Crippen molar-refractivity contribution in [2.24, 2.45) is 0 Å². The summed E-state index contributed by atoms with van der Waals surface area (Å²) in [7, 11) is -3.19. The number of hydrogen-bond donors (Lipinski definition) is 2. The van der Waals surface area contributed by atoms with Crippen molar-refractivity contribution in [2.75, 3.05) is 19.4 Å². The molecule has 20 heavy (non-hydrogen) atoms. The first-order valence-electron chi connectivity index (χ1n) is 6.65. The summed E-state index contributed by atoms with van der Waals surface area (Å²) in [6, 6.07) is 6.74. The lowest BCUT2D eigenvalue weighted by atomic mass is 10.1. The second-order valence-corrected chi connectivity index (χ2v) is 7.70. The van der Waals surface area contributed by atoms with Gasteiger partial charge in [0.2, 0.25) is 0 Å².